The van der Waals surface area contributed by atoms with Gasteiger partial charge in [0.05, 0.1) is 0 Å². The Bertz CT molecular complexity index is 922. The van der Waals surface area contributed by atoms with Crippen molar-refractivity contribution in [1.29, 1.82) is 0 Å². The quantitative estimate of drug-likeness (QED) is 0.524. The van der Waals surface area contributed by atoms with Crippen molar-refractivity contribution in [1.82, 2.24) is 0 Å². The third kappa shape index (κ3) is 4.76. The van der Waals surface area contributed by atoms with E-state index < -0.39 is 23.3 Å². The largest absolute Gasteiger partial charge is 0.385 e. The van der Waals surface area contributed by atoms with Crippen molar-refractivity contribution in [3.05, 3.63) is 69.7 Å². The Hall–Kier alpha value is -1.80. The summed E-state index contributed by atoms with van der Waals surface area (Å²) < 4.78 is 0. The number of carbonyl (C=O) groups excluding carboxylic acids is 2. The van der Waals surface area contributed by atoms with E-state index in [-0.39, 0.29) is 11.6 Å². The summed E-state index contributed by atoms with van der Waals surface area (Å²) in [4.78, 5) is 23.9. The molecule has 2 fully saturated rings. The zero-order valence-electron chi connectivity index (χ0n) is 17.6. The summed E-state index contributed by atoms with van der Waals surface area (Å²) in [6.45, 7) is 0. The van der Waals surface area contributed by atoms with Gasteiger partial charge in [-0.05, 0) is 61.8 Å². The Morgan fingerprint density at radius 1 is 0.719 bits per heavy atom. The van der Waals surface area contributed by atoms with Crippen molar-refractivity contribution in [3.8, 4) is 0 Å². The molecule has 8 heteroatoms. The molecule has 0 amide bonds. The Kier molecular flexibility index (Phi) is 7.76. The minimum Gasteiger partial charge on any atom is -0.385 e. The van der Waals surface area contributed by atoms with Crippen molar-refractivity contribution in [2.24, 2.45) is 11.5 Å². The van der Waals surface area contributed by atoms with Crippen LogP contribution in [0.1, 0.15) is 49.7 Å². The first-order chi connectivity index (χ1) is 15.1. The molecule has 0 radical (unpaired) electrons. The van der Waals surface area contributed by atoms with E-state index in [0.29, 0.717) is 46.9 Å². The van der Waals surface area contributed by atoms with Crippen LogP contribution in [0.2, 0.25) is 10.0 Å². The highest BCUT2D eigenvalue weighted by molar-refractivity contribution is 6.32. The standard InChI is InChI=1S/2C12H14ClNO2/c2*13-9-5-2-1-4-8(9)12(14)7-3-6-10(15)11(12)16/h2*1-2,4-5,10,15H,3,6-7,14H2/t2*10-,12-/m10/s1. The van der Waals surface area contributed by atoms with Crippen molar-refractivity contribution in [3.63, 3.8) is 0 Å². The molecule has 0 saturated heterocycles. The number of nitrogens with two attached hydrogens (primary N) is 2. The number of carbonyl (C=O) groups is 2. The fourth-order valence-electron chi connectivity index (χ4n) is 4.43. The summed E-state index contributed by atoms with van der Waals surface area (Å²) in [6.07, 6.45) is 1.58. The number of hydrogen-bond donors (Lipinski definition) is 4. The van der Waals surface area contributed by atoms with Crippen LogP contribution in [0.5, 0.6) is 0 Å². The average molecular weight is 479 g/mol. The van der Waals surface area contributed by atoms with Crippen LogP contribution in [0.15, 0.2) is 48.5 Å². The molecule has 6 N–H and O–H groups in total. The molecule has 0 aromatic heterocycles. The van der Waals surface area contributed by atoms with Gasteiger partial charge in [-0.1, -0.05) is 59.6 Å². The number of ketones is 2. The lowest BCUT2D eigenvalue weighted by atomic mass is 9.75. The van der Waals surface area contributed by atoms with Gasteiger partial charge < -0.3 is 21.7 Å². The molecule has 172 valence electrons. The molecule has 4 rings (SSSR count). The molecule has 0 heterocycles. The molecule has 4 atom stereocenters. The van der Waals surface area contributed by atoms with E-state index in [1.807, 2.05) is 0 Å². The third-order valence-electron chi connectivity index (χ3n) is 6.29. The van der Waals surface area contributed by atoms with Gasteiger partial charge in [0.15, 0.2) is 11.6 Å². The maximum Gasteiger partial charge on any atom is 0.185 e. The summed E-state index contributed by atoms with van der Waals surface area (Å²) in [5, 5.41) is 20.1. The van der Waals surface area contributed by atoms with E-state index in [4.69, 9.17) is 34.7 Å². The normalized spacial score (nSPS) is 30.4. The molecule has 2 aliphatic carbocycles. The van der Waals surface area contributed by atoms with Gasteiger partial charge >= 0.3 is 0 Å². The molecule has 0 spiro atoms. The molecule has 0 aliphatic heterocycles. The van der Waals surface area contributed by atoms with Crippen molar-refractivity contribution < 1.29 is 19.8 Å². The van der Waals surface area contributed by atoms with E-state index in [0.717, 1.165) is 12.8 Å². The fraction of sp³-hybridized carbons (Fsp3) is 0.417. The van der Waals surface area contributed by atoms with Gasteiger partial charge in [-0.25, -0.2) is 0 Å². The minimum absolute atomic E-state index is 0.327. The van der Waals surface area contributed by atoms with Gasteiger partial charge in [-0.2, -0.15) is 0 Å². The van der Waals surface area contributed by atoms with E-state index in [9.17, 15) is 19.8 Å². The van der Waals surface area contributed by atoms with E-state index in [1.54, 1.807) is 48.5 Å². The van der Waals surface area contributed by atoms with Gasteiger partial charge in [0, 0.05) is 10.0 Å². The molecule has 2 aromatic rings. The zero-order chi connectivity index (χ0) is 23.5. The third-order valence-corrected chi connectivity index (χ3v) is 6.95. The number of hydrogen-bond acceptors (Lipinski definition) is 6. The lowest BCUT2D eigenvalue weighted by Gasteiger charge is -2.35. The maximum absolute atomic E-state index is 12.0. The number of Topliss-reactive ketones (excluding diaryl/α,β-unsaturated/α-hetero) is 2. The number of rotatable bonds is 2. The van der Waals surface area contributed by atoms with E-state index in [1.165, 1.54) is 0 Å². The molecular formula is C24H28Cl2N2O4. The van der Waals surface area contributed by atoms with E-state index >= 15 is 0 Å². The topological polar surface area (TPSA) is 127 Å². The predicted octanol–water partition coefficient (Wildman–Crippen LogP) is 3.22. The highest BCUT2D eigenvalue weighted by Crippen LogP contribution is 2.37. The Morgan fingerprint density at radius 3 is 1.41 bits per heavy atom. The lowest BCUT2D eigenvalue weighted by molar-refractivity contribution is -0.136. The minimum atomic E-state index is -1.13. The van der Waals surface area contributed by atoms with Crippen molar-refractivity contribution in [2.45, 2.75) is 61.8 Å². The van der Waals surface area contributed by atoms with Crippen molar-refractivity contribution >= 4 is 34.8 Å². The van der Waals surface area contributed by atoms with Crippen LogP contribution in [0, 0.1) is 0 Å². The van der Waals surface area contributed by atoms with Crippen LogP contribution in [-0.4, -0.2) is 34.0 Å². The lowest BCUT2D eigenvalue weighted by Crippen LogP contribution is -2.52. The Balaban J connectivity index is 0.000000181. The van der Waals surface area contributed by atoms with Crippen LogP contribution >= 0.6 is 23.2 Å². The molecule has 0 bridgehead atoms. The molecule has 0 unspecified atom stereocenters. The average Bonchev–Trinajstić information content (AvgIpc) is 2.77. The van der Waals surface area contributed by atoms with Gasteiger partial charge in [-0.3, -0.25) is 9.59 Å². The molecular weight excluding hydrogens is 451 g/mol. The molecule has 6 nitrogen and oxygen atoms in total. The van der Waals surface area contributed by atoms with Crippen LogP contribution in [0.4, 0.5) is 0 Å². The summed E-state index contributed by atoms with van der Waals surface area (Å²) in [7, 11) is 0. The van der Waals surface area contributed by atoms with Gasteiger partial charge in [-0.15, -0.1) is 0 Å². The SMILES string of the molecule is N[C@@]1(c2ccccc2Cl)CCC[C@@H](O)C1=O.N[C@]1(c2ccccc2Cl)CCC[C@H](O)C1=O. The van der Waals surface area contributed by atoms with Crippen molar-refractivity contribution in [2.75, 3.05) is 0 Å². The number of benzene rings is 2. The number of halogens is 2. The highest BCUT2D eigenvalue weighted by atomic mass is 35.5. The van der Waals surface area contributed by atoms with Crippen LogP contribution in [0.25, 0.3) is 0 Å². The van der Waals surface area contributed by atoms with Crippen LogP contribution in [-0.2, 0) is 20.7 Å². The number of aliphatic hydroxyl groups is 2. The zero-order valence-corrected chi connectivity index (χ0v) is 19.1. The Morgan fingerprint density at radius 2 is 1.06 bits per heavy atom. The summed E-state index contributed by atoms with van der Waals surface area (Å²) in [5.41, 5.74) is 11.2. The first-order valence-corrected chi connectivity index (χ1v) is 11.4. The first-order valence-electron chi connectivity index (χ1n) is 10.6. The molecule has 32 heavy (non-hydrogen) atoms. The summed E-state index contributed by atoms with van der Waals surface area (Å²) in [5.74, 6) is -0.654. The highest BCUT2D eigenvalue weighted by Gasteiger charge is 2.44. The summed E-state index contributed by atoms with van der Waals surface area (Å²) >= 11 is 12.1. The van der Waals surface area contributed by atoms with Crippen LogP contribution < -0.4 is 11.5 Å². The first kappa shape index (κ1) is 24.8. The predicted molar refractivity (Wildman–Crippen MR) is 124 cm³/mol. The second kappa shape index (κ2) is 10.00. The second-order valence-corrected chi connectivity index (χ2v) is 9.26. The number of aliphatic hydroxyl groups excluding tert-OH is 2. The second-order valence-electron chi connectivity index (χ2n) is 8.45. The molecule has 2 saturated carbocycles. The maximum atomic E-state index is 12.0. The fourth-order valence-corrected chi connectivity index (χ4v) is 5.04. The molecule has 2 aliphatic rings. The van der Waals surface area contributed by atoms with E-state index in [2.05, 4.69) is 0 Å². The molecule has 2 aromatic carbocycles. The monoisotopic (exact) mass is 478 g/mol. The van der Waals surface area contributed by atoms with Crippen LogP contribution in [0.3, 0.4) is 0 Å². The Labute approximate surface area is 197 Å². The van der Waals surface area contributed by atoms with Gasteiger partial charge in [0.25, 0.3) is 0 Å². The van der Waals surface area contributed by atoms with Gasteiger partial charge in [0.2, 0.25) is 0 Å². The summed E-state index contributed by atoms with van der Waals surface area (Å²) in [6, 6.07) is 14.1. The van der Waals surface area contributed by atoms with Gasteiger partial charge in [0.1, 0.15) is 23.3 Å². The smallest absolute Gasteiger partial charge is 0.185 e.